The van der Waals surface area contributed by atoms with Gasteiger partial charge in [-0.3, -0.25) is 0 Å². The predicted octanol–water partition coefficient (Wildman–Crippen LogP) is 3.85. The molecule has 0 atom stereocenters. The smallest absolute Gasteiger partial charge is 0.251 e. The second kappa shape index (κ2) is 5.16. The molecule has 2 nitrogen and oxygen atoms in total. The molecule has 18 heavy (non-hydrogen) atoms. The fourth-order valence-electron chi connectivity index (χ4n) is 1.45. The van der Waals surface area contributed by atoms with Crippen molar-refractivity contribution in [3.63, 3.8) is 0 Å². The third kappa shape index (κ3) is 2.76. The van der Waals surface area contributed by atoms with Crippen LogP contribution in [0.3, 0.4) is 0 Å². The molecule has 0 unspecified atom stereocenters. The second-order valence-corrected chi connectivity index (χ2v) is 5.43. The highest BCUT2D eigenvalue weighted by atomic mass is 35.5. The van der Waals surface area contributed by atoms with Crippen LogP contribution >= 0.6 is 22.9 Å². The molecule has 2 rings (SSSR count). The van der Waals surface area contributed by atoms with Crippen LogP contribution in [0, 0.1) is 17.6 Å². The molecule has 0 aliphatic carbocycles. The van der Waals surface area contributed by atoms with Crippen LogP contribution in [0.5, 0.6) is 0 Å². The molecule has 96 valence electrons. The van der Waals surface area contributed by atoms with Gasteiger partial charge in [-0.15, -0.1) is 11.3 Å². The summed E-state index contributed by atoms with van der Waals surface area (Å²) in [5, 5.41) is 0. The van der Waals surface area contributed by atoms with Crippen molar-refractivity contribution in [2.45, 2.75) is 6.54 Å². The fourth-order valence-corrected chi connectivity index (χ4v) is 2.59. The third-order valence-corrected chi connectivity index (χ3v) is 3.47. The topological polar surface area (TPSA) is 16.1 Å². The highest BCUT2D eigenvalue weighted by Crippen LogP contribution is 2.25. The van der Waals surface area contributed by atoms with Gasteiger partial charge in [0.05, 0.1) is 10.9 Å². The van der Waals surface area contributed by atoms with Crippen molar-refractivity contribution >= 4 is 28.8 Å². The molecule has 0 bridgehead atoms. The zero-order valence-corrected chi connectivity index (χ0v) is 10.8. The van der Waals surface area contributed by atoms with Crippen LogP contribution in [-0.2, 0) is 6.54 Å². The van der Waals surface area contributed by atoms with Crippen molar-refractivity contribution in [1.29, 1.82) is 0 Å². The highest BCUT2D eigenvalue weighted by Gasteiger charge is 2.15. The van der Waals surface area contributed by atoms with E-state index in [1.807, 2.05) is 0 Å². The van der Waals surface area contributed by atoms with Gasteiger partial charge in [0.15, 0.2) is 17.5 Å². The number of aromatic nitrogens is 1. The number of rotatable bonds is 3. The van der Waals surface area contributed by atoms with Gasteiger partial charge in [-0.1, -0.05) is 11.6 Å². The van der Waals surface area contributed by atoms with E-state index < -0.39 is 17.6 Å². The quantitative estimate of drug-likeness (QED) is 0.799. The molecule has 2 aromatic heterocycles. The monoisotopic (exact) mass is 292 g/mol. The number of pyridine rings is 1. The number of halogens is 4. The average Bonchev–Trinajstić information content (AvgIpc) is 2.69. The fraction of sp³-hybridized carbons (Fsp3) is 0.182. The first-order valence-electron chi connectivity index (χ1n) is 4.94. The molecule has 0 N–H and O–H groups in total. The van der Waals surface area contributed by atoms with E-state index in [1.165, 1.54) is 23.3 Å². The Morgan fingerprint density at radius 3 is 2.61 bits per heavy atom. The van der Waals surface area contributed by atoms with Crippen LogP contribution in [-0.4, -0.2) is 12.0 Å². The Hall–Kier alpha value is -1.27. The van der Waals surface area contributed by atoms with Crippen molar-refractivity contribution in [3.05, 3.63) is 45.0 Å². The Balaban J connectivity index is 2.23. The lowest BCUT2D eigenvalue weighted by atomic mass is 10.3. The van der Waals surface area contributed by atoms with Crippen LogP contribution < -0.4 is 4.90 Å². The zero-order chi connectivity index (χ0) is 13.3. The zero-order valence-electron chi connectivity index (χ0n) is 9.25. The number of hydrogen-bond donors (Lipinski definition) is 0. The van der Waals surface area contributed by atoms with Crippen LogP contribution in [0.4, 0.5) is 19.0 Å². The molecule has 2 heterocycles. The summed E-state index contributed by atoms with van der Waals surface area (Å²) in [6, 6.07) is 3.97. The molecule has 0 saturated heterocycles. The van der Waals surface area contributed by atoms with Crippen LogP contribution in [0.25, 0.3) is 0 Å². The van der Waals surface area contributed by atoms with E-state index in [0.717, 1.165) is 4.88 Å². The minimum Gasteiger partial charge on any atom is -0.352 e. The molecule has 0 aromatic carbocycles. The Labute approximate surface area is 111 Å². The molecule has 7 heteroatoms. The van der Waals surface area contributed by atoms with E-state index in [9.17, 15) is 13.2 Å². The third-order valence-electron chi connectivity index (χ3n) is 2.25. The molecule has 0 amide bonds. The van der Waals surface area contributed by atoms with Gasteiger partial charge in [0, 0.05) is 18.0 Å². The molecular formula is C11H8ClF3N2S. The van der Waals surface area contributed by atoms with Crippen LogP contribution in [0.15, 0.2) is 18.2 Å². The summed E-state index contributed by atoms with van der Waals surface area (Å²) in [6.45, 7) is 0.312. The van der Waals surface area contributed by atoms with Gasteiger partial charge in [0.25, 0.3) is 5.95 Å². The summed E-state index contributed by atoms with van der Waals surface area (Å²) in [5.41, 5.74) is 0. The predicted molar refractivity (Wildman–Crippen MR) is 65.5 cm³/mol. The minimum absolute atomic E-state index is 0.238. The van der Waals surface area contributed by atoms with Crippen molar-refractivity contribution in [1.82, 2.24) is 4.98 Å². The summed E-state index contributed by atoms with van der Waals surface area (Å²) in [4.78, 5) is 5.51. The summed E-state index contributed by atoms with van der Waals surface area (Å²) in [6.07, 6.45) is 0. The van der Waals surface area contributed by atoms with Gasteiger partial charge >= 0.3 is 0 Å². The number of nitrogens with zero attached hydrogens (tertiary/aromatic N) is 2. The molecule has 0 aliphatic rings. The van der Waals surface area contributed by atoms with E-state index in [-0.39, 0.29) is 5.82 Å². The molecule has 0 saturated carbocycles. The maximum absolute atomic E-state index is 13.5. The Morgan fingerprint density at radius 2 is 2.00 bits per heavy atom. The van der Waals surface area contributed by atoms with E-state index in [1.54, 1.807) is 12.1 Å². The van der Waals surface area contributed by atoms with Crippen LogP contribution in [0.2, 0.25) is 4.34 Å². The first kappa shape index (κ1) is 13.2. The van der Waals surface area contributed by atoms with Gasteiger partial charge in [0.2, 0.25) is 0 Å². The lowest BCUT2D eigenvalue weighted by molar-refractivity contribution is 0.463. The maximum atomic E-state index is 13.5. The van der Waals surface area contributed by atoms with Crippen molar-refractivity contribution in [2.75, 3.05) is 11.9 Å². The molecule has 2 aromatic rings. The van der Waals surface area contributed by atoms with Crippen molar-refractivity contribution in [3.8, 4) is 0 Å². The van der Waals surface area contributed by atoms with Gasteiger partial charge in [-0.05, 0) is 12.1 Å². The Morgan fingerprint density at radius 1 is 1.28 bits per heavy atom. The normalized spacial score (nSPS) is 10.7. The summed E-state index contributed by atoms with van der Waals surface area (Å²) in [7, 11) is 1.54. The van der Waals surface area contributed by atoms with Gasteiger partial charge < -0.3 is 4.90 Å². The van der Waals surface area contributed by atoms with E-state index in [0.29, 0.717) is 16.9 Å². The lowest BCUT2D eigenvalue weighted by Gasteiger charge is -2.17. The largest absolute Gasteiger partial charge is 0.352 e. The first-order chi connectivity index (χ1) is 8.47. The maximum Gasteiger partial charge on any atom is 0.251 e. The first-order valence-corrected chi connectivity index (χ1v) is 6.13. The Kier molecular flexibility index (Phi) is 3.77. The van der Waals surface area contributed by atoms with E-state index in [4.69, 9.17) is 11.6 Å². The molecule has 0 radical (unpaired) electrons. The average molecular weight is 293 g/mol. The van der Waals surface area contributed by atoms with Gasteiger partial charge in [-0.25, -0.2) is 8.78 Å². The highest BCUT2D eigenvalue weighted by molar-refractivity contribution is 7.16. The number of anilines is 1. The lowest BCUT2D eigenvalue weighted by Crippen LogP contribution is -2.19. The molecule has 0 fully saturated rings. The number of hydrogen-bond acceptors (Lipinski definition) is 3. The van der Waals surface area contributed by atoms with Crippen molar-refractivity contribution < 1.29 is 13.2 Å². The van der Waals surface area contributed by atoms with Gasteiger partial charge in [-0.2, -0.15) is 9.37 Å². The minimum atomic E-state index is -1.32. The SMILES string of the molecule is CN(Cc1ccc(Cl)s1)c1nc(F)c(F)cc1F. The number of thiophene rings is 1. The summed E-state index contributed by atoms with van der Waals surface area (Å²) < 4.78 is 39.8. The molecular weight excluding hydrogens is 285 g/mol. The summed E-state index contributed by atoms with van der Waals surface area (Å²) in [5.74, 6) is -3.76. The summed E-state index contributed by atoms with van der Waals surface area (Å²) >= 11 is 7.10. The van der Waals surface area contributed by atoms with Crippen LogP contribution in [0.1, 0.15) is 4.88 Å². The van der Waals surface area contributed by atoms with E-state index >= 15 is 0 Å². The van der Waals surface area contributed by atoms with Gasteiger partial charge in [0.1, 0.15) is 0 Å². The molecule has 0 aliphatic heterocycles. The second-order valence-electron chi connectivity index (χ2n) is 3.63. The van der Waals surface area contributed by atoms with Crippen molar-refractivity contribution in [2.24, 2.45) is 0 Å². The van der Waals surface area contributed by atoms with E-state index in [2.05, 4.69) is 4.98 Å². The standard InChI is InChI=1S/C11H8ClF3N2S/c1-17(5-6-2-3-9(12)18-6)11-8(14)4-7(13)10(15)16-11/h2-4H,5H2,1H3. The molecule has 0 spiro atoms. The Bertz CT molecular complexity index is 573.